The Morgan fingerprint density at radius 1 is 1.17 bits per heavy atom. The molecule has 0 radical (unpaired) electrons. The Labute approximate surface area is 286 Å². The third-order valence-corrected chi connectivity index (χ3v) is 10.1. The smallest absolute Gasteiger partial charge is 0.411 e. The zero-order valence-corrected chi connectivity index (χ0v) is 28.5. The average molecular weight is 675 g/mol. The van der Waals surface area contributed by atoms with E-state index in [1.165, 1.54) is 0 Å². The van der Waals surface area contributed by atoms with E-state index in [-0.39, 0.29) is 17.7 Å². The molecule has 6 rings (SSSR count). The van der Waals surface area contributed by atoms with E-state index >= 15 is 0 Å². The first-order valence-electron chi connectivity index (χ1n) is 16.6. The molecule has 2 fully saturated rings. The van der Waals surface area contributed by atoms with E-state index in [0.717, 1.165) is 46.9 Å². The number of methoxy groups -OCH3 is 1. The summed E-state index contributed by atoms with van der Waals surface area (Å²) >= 11 is 6.46. The number of ether oxygens (including phenoxy) is 3. The predicted octanol–water partition coefficient (Wildman–Crippen LogP) is 8.72. The number of carbonyl (C=O) groups excluding carboxylic acids is 2. The molecule has 2 aliphatic heterocycles. The van der Waals surface area contributed by atoms with Crippen LogP contribution in [0.3, 0.4) is 0 Å². The van der Waals surface area contributed by atoms with Crippen LogP contribution in [0.25, 0.3) is 16.8 Å². The molecule has 1 N–H and O–H groups in total. The van der Waals surface area contributed by atoms with Gasteiger partial charge in [0.15, 0.2) is 0 Å². The molecule has 5 unspecified atom stereocenters. The van der Waals surface area contributed by atoms with Crippen molar-refractivity contribution in [2.45, 2.75) is 76.0 Å². The molecular weight excluding hydrogens is 632 g/mol. The molecule has 10 heteroatoms. The van der Waals surface area contributed by atoms with E-state index in [0.29, 0.717) is 43.1 Å². The lowest BCUT2D eigenvalue weighted by Crippen LogP contribution is -2.44. The third-order valence-electron chi connectivity index (χ3n) is 9.72. The highest BCUT2D eigenvalue weighted by atomic mass is 35.5. The number of nitrogens with zero attached hydrogens (tertiary/aromatic N) is 1. The maximum atomic E-state index is 13.6. The van der Waals surface area contributed by atoms with Crippen molar-refractivity contribution in [2.24, 2.45) is 5.92 Å². The minimum absolute atomic E-state index is 0.0672. The Hall–Kier alpha value is -3.89. The van der Waals surface area contributed by atoms with E-state index in [9.17, 15) is 9.59 Å². The van der Waals surface area contributed by atoms with Crippen LogP contribution in [0.1, 0.15) is 69.4 Å². The number of benzene rings is 3. The van der Waals surface area contributed by atoms with Crippen LogP contribution >= 0.6 is 11.6 Å². The van der Waals surface area contributed by atoms with Gasteiger partial charge in [0.25, 0.3) is 5.91 Å². The summed E-state index contributed by atoms with van der Waals surface area (Å²) in [6, 6.07) is 17.1. The van der Waals surface area contributed by atoms with Crippen LogP contribution in [-0.2, 0) is 24.0 Å². The fourth-order valence-electron chi connectivity index (χ4n) is 7.23. The number of alkyl halides is 1. The summed E-state index contributed by atoms with van der Waals surface area (Å²) in [5.41, 5.74) is 3.12. The summed E-state index contributed by atoms with van der Waals surface area (Å²) < 4.78 is 17.7. The number of carbonyl (C=O) groups is 2. The van der Waals surface area contributed by atoms with Crippen LogP contribution in [0.15, 0.2) is 73.3 Å². The number of anilines is 2. The van der Waals surface area contributed by atoms with Crippen LogP contribution < -0.4 is 15.0 Å². The second-order valence-corrected chi connectivity index (χ2v) is 13.2. The Kier molecular flexibility index (Phi) is 10.1. The zero-order chi connectivity index (χ0) is 33.9. The first-order valence-corrected chi connectivity index (χ1v) is 17.2. The van der Waals surface area contributed by atoms with Crippen molar-refractivity contribution in [3.05, 3.63) is 84.5 Å². The van der Waals surface area contributed by atoms with Gasteiger partial charge < -0.3 is 19.1 Å². The topological polar surface area (TPSA) is 95.6 Å². The average Bonchev–Trinajstić information content (AvgIpc) is 3.63. The first-order chi connectivity index (χ1) is 23.2. The van der Waals surface area contributed by atoms with Crippen LogP contribution in [-0.4, -0.2) is 49.2 Å². The van der Waals surface area contributed by atoms with Crippen molar-refractivity contribution in [1.82, 2.24) is 0 Å². The molecule has 2 amide bonds. The van der Waals surface area contributed by atoms with Crippen molar-refractivity contribution < 1.29 is 33.6 Å². The number of halogens is 1. The normalized spacial score (nSPS) is 25.7. The number of rotatable bonds is 10. The molecule has 0 aromatic heterocycles. The molecule has 1 aliphatic carbocycles. The maximum Gasteiger partial charge on any atom is 0.411 e. The minimum Gasteiger partial charge on any atom is -0.497 e. The molecule has 3 aliphatic rings. The summed E-state index contributed by atoms with van der Waals surface area (Å²) in [7, 11) is 1.61. The standard InChI is InChI=1S/C38H43ClN2O7/c1-5-10-27(6-2)37(3)46-38(48-47-37)20-9-11-29(22-38)45-36(43)40-32-21-33-35(31-13-8-7-12-30(31)32)26(23-39)24-41(33)34(42)19-16-25-14-17-28(44-4)18-15-25/h5,7-8,12-19,21,26-27,29H,1,6,9-11,20,22-24H2,2-4H3,(H,40,43)/b19-16+. The van der Waals surface area contributed by atoms with Crippen molar-refractivity contribution in [3.63, 3.8) is 0 Å². The predicted molar refractivity (Wildman–Crippen MR) is 187 cm³/mol. The van der Waals surface area contributed by atoms with Crippen LogP contribution in [0.5, 0.6) is 5.75 Å². The molecule has 1 saturated heterocycles. The highest BCUT2D eigenvalue weighted by molar-refractivity contribution is 6.19. The fraction of sp³-hybridized carbons (Fsp3) is 0.421. The molecule has 1 spiro atoms. The van der Waals surface area contributed by atoms with Gasteiger partial charge in [-0.15, -0.1) is 18.2 Å². The van der Waals surface area contributed by atoms with E-state index < -0.39 is 23.8 Å². The molecule has 0 bridgehead atoms. The third kappa shape index (κ3) is 6.83. The van der Waals surface area contributed by atoms with Gasteiger partial charge >= 0.3 is 6.09 Å². The quantitative estimate of drug-likeness (QED) is 0.0995. The van der Waals surface area contributed by atoms with Gasteiger partial charge in [-0.3, -0.25) is 10.1 Å². The van der Waals surface area contributed by atoms with Gasteiger partial charge in [0.2, 0.25) is 11.6 Å². The van der Waals surface area contributed by atoms with E-state index in [1.54, 1.807) is 24.2 Å². The number of amides is 2. The summed E-state index contributed by atoms with van der Waals surface area (Å²) in [5.74, 6) is -0.973. The summed E-state index contributed by atoms with van der Waals surface area (Å²) in [5, 5.41) is 4.74. The number of fused-ring (bicyclic) bond motifs is 3. The van der Waals surface area contributed by atoms with Crippen LogP contribution in [0.4, 0.5) is 16.2 Å². The molecule has 254 valence electrons. The SMILES string of the molecule is C=CCC(CC)C1(C)OOC2(CCCC(OC(=O)Nc3cc4c(c5ccccc35)C(CCl)CN4C(=O)/C=C/c3ccc(OC)cc3)C2)O1. The molecular formula is C38H43ClN2O7. The second-order valence-electron chi connectivity index (χ2n) is 12.9. The van der Waals surface area contributed by atoms with Gasteiger partial charge in [0.1, 0.15) is 11.9 Å². The van der Waals surface area contributed by atoms with Gasteiger partial charge in [0, 0.05) is 48.6 Å². The zero-order valence-electron chi connectivity index (χ0n) is 27.7. The van der Waals surface area contributed by atoms with Gasteiger partial charge in [-0.25, -0.2) is 4.79 Å². The van der Waals surface area contributed by atoms with E-state index in [1.807, 2.05) is 67.6 Å². The van der Waals surface area contributed by atoms with E-state index in [4.69, 9.17) is 35.6 Å². The largest absolute Gasteiger partial charge is 0.497 e. The monoisotopic (exact) mass is 674 g/mol. The van der Waals surface area contributed by atoms with Gasteiger partial charge in [-0.05, 0) is 73.4 Å². The van der Waals surface area contributed by atoms with Crippen molar-refractivity contribution in [1.29, 1.82) is 0 Å². The minimum atomic E-state index is -0.983. The molecule has 48 heavy (non-hydrogen) atoms. The summed E-state index contributed by atoms with van der Waals surface area (Å²) in [4.78, 5) is 40.4. The Morgan fingerprint density at radius 2 is 1.94 bits per heavy atom. The highest BCUT2D eigenvalue weighted by Gasteiger charge is 2.55. The summed E-state index contributed by atoms with van der Waals surface area (Å²) in [6.45, 7) is 8.28. The second kappa shape index (κ2) is 14.3. The molecule has 2 heterocycles. The first kappa shape index (κ1) is 34.0. The maximum absolute atomic E-state index is 13.6. The Morgan fingerprint density at radius 3 is 2.65 bits per heavy atom. The Balaban J connectivity index is 1.20. The molecule has 1 saturated carbocycles. The molecule has 3 aromatic carbocycles. The summed E-state index contributed by atoms with van der Waals surface area (Å²) in [6.07, 6.45) is 8.15. The van der Waals surface area contributed by atoms with Crippen LogP contribution in [0, 0.1) is 5.92 Å². The number of nitrogens with one attached hydrogen (secondary N) is 1. The molecule has 9 nitrogen and oxygen atoms in total. The lowest BCUT2D eigenvalue weighted by molar-refractivity contribution is -0.361. The number of hydrogen-bond donors (Lipinski definition) is 1. The fourth-order valence-corrected chi connectivity index (χ4v) is 7.48. The van der Waals surface area contributed by atoms with Gasteiger partial charge in [-0.1, -0.05) is 49.4 Å². The number of allylic oxidation sites excluding steroid dienone is 1. The van der Waals surface area contributed by atoms with Crippen LogP contribution in [0.2, 0.25) is 0 Å². The molecule has 5 atom stereocenters. The van der Waals surface area contributed by atoms with Crippen molar-refractivity contribution in [2.75, 3.05) is 29.8 Å². The molecule has 3 aromatic rings. The van der Waals surface area contributed by atoms with E-state index in [2.05, 4.69) is 18.8 Å². The Bertz CT molecular complexity index is 1690. The highest BCUT2D eigenvalue weighted by Crippen LogP contribution is 2.48. The van der Waals surface area contributed by atoms with Crippen molar-refractivity contribution >= 4 is 51.8 Å². The lowest BCUT2D eigenvalue weighted by Gasteiger charge is -2.36. The van der Waals surface area contributed by atoms with Gasteiger partial charge in [0.05, 0.1) is 18.5 Å². The lowest BCUT2D eigenvalue weighted by atomic mass is 9.89. The van der Waals surface area contributed by atoms with Crippen molar-refractivity contribution in [3.8, 4) is 5.75 Å². The van der Waals surface area contributed by atoms with Gasteiger partial charge in [-0.2, -0.15) is 9.78 Å². The number of hydrogen-bond acceptors (Lipinski definition) is 7.